The molecule has 1 aromatic heterocycles. The number of thioether (sulfide) groups is 1. The average Bonchev–Trinajstić information content (AvgIpc) is 3.10. The van der Waals surface area contributed by atoms with Gasteiger partial charge in [0.1, 0.15) is 11.6 Å². The lowest BCUT2D eigenvalue weighted by molar-refractivity contribution is 0.102. The molecule has 0 bridgehead atoms. The van der Waals surface area contributed by atoms with Crippen LogP contribution in [-0.2, 0) is 6.54 Å². The minimum Gasteiger partial charge on any atom is -0.483 e. The maximum absolute atomic E-state index is 13.1. The number of carbonyl (C=O) groups is 1. The number of ether oxygens (including phenoxy) is 1. The van der Waals surface area contributed by atoms with E-state index in [9.17, 15) is 9.18 Å². The second kappa shape index (κ2) is 10.2. The highest BCUT2D eigenvalue weighted by Gasteiger charge is 2.21. The fourth-order valence-electron chi connectivity index (χ4n) is 2.86. The van der Waals surface area contributed by atoms with Crippen molar-refractivity contribution in [3.05, 3.63) is 70.2 Å². The van der Waals surface area contributed by atoms with Crippen LogP contribution in [0, 0.1) is 11.7 Å². The molecule has 0 N–H and O–H groups in total. The number of Topliss-reactive ketones (excluding diaryl/α,β-unsaturated/α-hetero) is 1. The van der Waals surface area contributed by atoms with Crippen LogP contribution in [0.4, 0.5) is 4.39 Å². The lowest BCUT2D eigenvalue weighted by Crippen LogP contribution is -2.15. The maximum Gasteiger partial charge on any atom is 0.191 e. The highest BCUT2D eigenvalue weighted by atomic mass is 79.9. The summed E-state index contributed by atoms with van der Waals surface area (Å²) in [6.07, 6.45) is -0.377. The fourth-order valence-corrected chi connectivity index (χ4v) is 3.98. The summed E-state index contributed by atoms with van der Waals surface area (Å²) in [6.45, 7) is 6.80. The molecule has 1 unspecified atom stereocenters. The predicted molar refractivity (Wildman–Crippen MR) is 119 cm³/mol. The number of nitrogens with zero attached hydrogens (tertiary/aromatic N) is 3. The molecule has 0 fully saturated rings. The first-order valence-corrected chi connectivity index (χ1v) is 11.4. The zero-order valence-corrected chi connectivity index (χ0v) is 19.4. The molecular formula is C22H23BrFN3O2S. The Hall–Kier alpha value is -2.19. The van der Waals surface area contributed by atoms with Gasteiger partial charge in [0.25, 0.3) is 0 Å². The molecule has 1 heterocycles. The number of halogens is 2. The Bertz CT molecular complexity index is 991. The van der Waals surface area contributed by atoms with E-state index in [1.165, 1.54) is 23.9 Å². The van der Waals surface area contributed by atoms with Gasteiger partial charge in [0.2, 0.25) is 0 Å². The van der Waals surface area contributed by atoms with Crippen LogP contribution in [0.25, 0.3) is 0 Å². The Morgan fingerprint density at radius 2 is 1.77 bits per heavy atom. The van der Waals surface area contributed by atoms with Crippen molar-refractivity contribution in [3.63, 3.8) is 0 Å². The fraction of sp³-hybridized carbons (Fsp3) is 0.318. The van der Waals surface area contributed by atoms with Gasteiger partial charge in [0, 0.05) is 16.6 Å². The van der Waals surface area contributed by atoms with Crippen molar-refractivity contribution in [1.29, 1.82) is 0 Å². The van der Waals surface area contributed by atoms with Crippen molar-refractivity contribution in [2.45, 2.75) is 38.6 Å². The number of benzene rings is 2. The third kappa shape index (κ3) is 5.92. The predicted octanol–water partition coefficient (Wildman–Crippen LogP) is 5.95. The molecule has 3 rings (SSSR count). The minimum absolute atomic E-state index is 0.0313. The maximum atomic E-state index is 13.1. The number of carbonyl (C=O) groups excluding carboxylic acids is 1. The summed E-state index contributed by atoms with van der Waals surface area (Å²) in [5.41, 5.74) is 0.661. The molecule has 0 spiro atoms. The Balaban J connectivity index is 1.74. The average molecular weight is 492 g/mol. The van der Waals surface area contributed by atoms with Gasteiger partial charge in [-0.25, -0.2) is 4.39 Å². The normalized spacial score (nSPS) is 12.2. The summed E-state index contributed by atoms with van der Waals surface area (Å²) in [7, 11) is 0. The van der Waals surface area contributed by atoms with E-state index in [-0.39, 0.29) is 23.5 Å². The van der Waals surface area contributed by atoms with Crippen LogP contribution in [-0.4, -0.2) is 26.3 Å². The van der Waals surface area contributed by atoms with Crippen molar-refractivity contribution in [1.82, 2.24) is 14.8 Å². The second-order valence-corrected chi connectivity index (χ2v) is 9.14. The smallest absolute Gasteiger partial charge is 0.191 e. The first-order chi connectivity index (χ1) is 14.3. The summed E-state index contributed by atoms with van der Waals surface area (Å²) in [5.74, 6) is 1.58. The Morgan fingerprint density at radius 3 is 2.40 bits per heavy atom. The van der Waals surface area contributed by atoms with E-state index < -0.39 is 0 Å². The first kappa shape index (κ1) is 22.5. The van der Waals surface area contributed by atoms with E-state index in [2.05, 4.69) is 40.0 Å². The molecule has 2 aromatic carbocycles. The molecule has 8 heteroatoms. The lowest BCUT2D eigenvalue weighted by atomic mass is 10.2. The number of rotatable bonds is 9. The Morgan fingerprint density at radius 1 is 1.10 bits per heavy atom. The molecule has 5 nitrogen and oxygen atoms in total. The molecule has 0 amide bonds. The molecule has 0 saturated heterocycles. The second-order valence-electron chi connectivity index (χ2n) is 7.28. The molecule has 158 valence electrons. The zero-order valence-electron chi connectivity index (χ0n) is 17.0. The molecule has 1 atom stereocenters. The van der Waals surface area contributed by atoms with Crippen LogP contribution >= 0.6 is 27.7 Å². The number of hydrogen-bond acceptors (Lipinski definition) is 5. The third-order valence-corrected chi connectivity index (χ3v) is 5.78. The van der Waals surface area contributed by atoms with Gasteiger partial charge in [0.15, 0.2) is 22.9 Å². The summed E-state index contributed by atoms with van der Waals surface area (Å²) < 4.78 is 22.0. The molecule has 0 aliphatic carbocycles. The number of ketones is 1. The summed E-state index contributed by atoms with van der Waals surface area (Å²) in [4.78, 5) is 12.5. The van der Waals surface area contributed by atoms with Crippen molar-refractivity contribution < 1.29 is 13.9 Å². The van der Waals surface area contributed by atoms with Crippen LogP contribution in [0.2, 0.25) is 0 Å². The van der Waals surface area contributed by atoms with Crippen molar-refractivity contribution >= 4 is 33.5 Å². The summed E-state index contributed by atoms with van der Waals surface area (Å²) in [6, 6.07) is 13.2. The van der Waals surface area contributed by atoms with Gasteiger partial charge >= 0.3 is 0 Å². The van der Waals surface area contributed by atoms with Gasteiger partial charge in [0.05, 0.1) is 5.75 Å². The first-order valence-electron chi connectivity index (χ1n) is 9.60. The van der Waals surface area contributed by atoms with Crippen molar-refractivity contribution in [2.24, 2.45) is 5.92 Å². The van der Waals surface area contributed by atoms with Crippen LogP contribution < -0.4 is 4.74 Å². The van der Waals surface area contributed by atoms with E-state index in [0.29, 0.717) is 34.8 Å². The summed E-state index contributed by atoms with van der Waals surface area (Å²) in [5, 5.41) is 9.30. The van der Waals surface area contributed by atoms with Gasteiger partial charge in [-0.2, -0.15) is 0 Å². The molecule has 3 aromatic rings. The Kier molecular flexibility index (Phi) is 7.66. The van der Waals surface area contributed by atoms with Crippen LogP contribution in [0.5, 0.6) is 5.75 Å². The molecule has 0 aliphatic rings. The third-order valence-electron chi connectivity index (χ3n) is 4.28. The highest BCUT2D eigenvalue weighted by Crippen LogP contribution is 2.26. The van der Waals surface area contributed by atoms with E-state index in [0.717, 1.165) is 4.47 Å². The molecule has 30 heavy (non-hydrogen) atoms. The van der Waals surface area contributed by atoms with Gasteiger partial charge in [-0.05, 0) is 49.2 Å². The standard InChI is InChI=1S/C22H23BrFN3O2S/c1-14(2)12-27-21(15(3)29-19-10-8-18(24)9-11-19)25-26-22(27)30-13-20(28)16-4-6-17(23)7-5-16/h4-11,14-15H,12-13H2,1-3H3. The summed E-state index contributed by atoms with van der Waals surface area (Å²) >= 11 is 4.74. The molecule has 0 saturated carbocycles. The van der Waals surface area contributed by atoms with Gasteiger partial charge in [-0.3, -0.25) is 4.79 Å². The van der Waals surface area contributed by atoms with Crippen LogP contribution in [0.15, 0.2) is 58.2 Å². The van der Waals surface area contributed by atoms with Gasteiger partial charge in [-0.1, -0.05) is 53.7 Å². The van der Waals surface area contributed by atoms with Gasteiger partial charge in [-0.15, -0.1) is 10.2 Å². The largest absolute Gasteiger partial charge is 0.483 e. The topological polar surface area (TPSA) is 57.0 Å². The van der Waals surface area contributed by atoms with Crippen LogP contribution in [0.3, 0.4) is 0 Å². The van der Waals surface area contributed by atoms with Crippen molar-refractivity contribution in [2.75, 3.05) is 5.75 Å². The SMILES string of the molecule is CC(C)Cn1c(SCC(=O)c2ccc(Br)cc2)nnc1C(C)Oc1ccc(F)cc1. The van der Waals surface area contributed by atoms with Crippen LogP contribution in [0.1, 0.15) is 43.1 Å². The highest BCUT2D eigenvalue weighted by molar-refractivity contribution is 9.10. The number of hydrogen-bond donors (Lipinski definition) is 0. The molecule has 0 radical (unpaired) electrons. The lowest BCUT2D eigenvalue weighted by Gasteiger charge is -2.17. The van der Waals surface area contributed by atoms with Gasteiger partial charge < -0.3 is 9.30 Å². The van der Waals surface area contributed by atoms with E-state index in [1.807, 2.05) is 23.6 Å². The van der Waals surface area contributed by atoms with E-state index >= 15 is 0 Å². The number of aromatic nitrogens is 3. The quantitative estimate of drug-likeness (QED) is 0.273. The van der Waals surface area contributed by atoms with E-state index in [4.69, 9.17) is 4.74 Å². The molecular weight excluding hydrogens is 469 g/mol. The van der Waals surface area contributed by atoms with E-state index in [1.54, 1.807) is 24.3 Å². The Labute approximate surface area is 188 Å². The minimum atomic E-state index is -0.377. The monoisotopic (exact) mass is 491 g/mol. The van der Waals surface area contributed by atoms with Crippen molar-refractivity contribution in [3.8, 4) is 5.75 Å². The zero-order chi connectivity index (χ0) is 21.7. The molecule has 0 aliphatic heterocycles.